The number of carbonyl (C=O) groups excluding carboxylic acids is 1. The Kier molecular flexibility index (Phi) is 6.82. The van der Waals surface area contributed by atoms with Gasteiger partial charge >= 0.3 is 0 Å². The minimum absolute atomic E-state index is 0.0249. The van der Waals surface area contributed by atoms with Crippen LogP contribution in [0.3, 0.4) is 0 Å². The quantitative estimate of drug-likeness (QED) is 0.175. The maximum absolute atomic E-state index is 13.4. The van der Waals surface area contributed by atoms with E-state index in [-0.39, 0.29) is 11.4 Å². The van der Waals surface area contributed by atoms with Gasteiger partial charge in [0.2, 0.25) is 0 Å². The van der Waals surface area contributed by atoms with Crippen LogP contribution in [0.4, 0.5) is 5.69 Å². The Morgan fingerprint density at radius 2 is 1.40 bits per heavy atom. The van der Waals surface area contributed by atoms with E-state index in [9.17, 15) is 15.3 Å². The third-order valence-corrected chi connectivity index (χ3v) is 10.8. The number of nitriles is 2. The first-order valence-electron chi connectivity index (χ1n) is 14.3. The van der Waals surface area contributed by atoms with Crippen molar-refractivity contribution in [1.82, 2.24) is 0 Å². The normalized spacial score (nSPS) is 17.7. The molecule has 0 unspecified atom stereocenters. The van der Waals surface area contributed by atoms with Crippen LogP contribution in [0.2, 0.25) is 0 Å². The number of Topliss-reactive ketones (excluding diaryl/α,β-unsaturated/α-hetero) is 1. The molecule has 208 valence electrons. The predicted octanol–water partition coefficient (Wildman–Crippen LogP) is 8.93. The zero-order valence-corrected chi connectivity index (χ0v) is 25.5. The maximum atomic E-state index is 13.4. The summed E-state index contributed by atoms with van der Waals surface area (Å²) in [6, 6.07) is 24.4. The zero-order chi connectivity index (χ0) is 29.7. The van der Waals surface area contributed by atoms with Crippen LogP contribution in [0.1, 0.15) is 65.0 Å². The van der Waals surface area contributed by atoms with E-state index in [4.69, 9.17) is 0 Å². The standard InChI is InChI=1S/C37H27N3OS2/c1-40(2)26-12-7-22(8-13-26)9-14-27-17-23-10-15-31(36(23)42-27)32-16-11-24-18-28(43-37(24)32)19-33-34(25(20-38)21-39)29-5-3-4-6-30(29)35(33)41/h3-9,12-14,17-19H,10-11,15-16H2,1-2H3/b14-9+,32-31-,33-19-. The van der Waals surface area contributed by atoms with Gasteiger partial charge in [0.25, 0.3) is 0 Å². The van der Waals surface area contributed by atoms with Crippen molar-refractivity contribution in [1.29, 1.82) is 10.5 Å². The molecular formula is C37H27N3OS2. The number of carbonyl (C=O) groups is 1. The largest absolute Gasteiger partial charge is 0.378 e. The van der Waals surface area contributed by atoms with Crippen LogP contribution in [0, 0.1) is 22.7 Å². The summed E-state index contributed by atoms with van der Waals surface area (Å²) in [4.78, 5) is 20.5. The Bertz CT molecular complexity index is 2020. The van der Waals surface area contributed by atoms with Crippen LogP contribution < -0.4 is 4.90 Å². The van der Waals surface area contributed by atoms with E-state index in [2.05, 4.69) is 67.5 Å². The Morgan fingerprint density at radius 1 is 0.791 bits per heavy atom. The lowest BCUT2D eigenvalue weighted by Gasteiger charge is -2.11. The summed E-state index contributed by atoms with van der Waals surface area (Å²) in [7, 11) is 4.10. The van der Waals surface area contributed by atoms with Crippen molar-refractivity contribution in [2.75, 3.05) is 19.0 Å². The number of hydrogen-bond donors (Lipinski definition) is 0. The van der Waals surface area contributed by atoms with Crippen molar-refractivity contribution >= 4 is 69.1 Å². The van der Waals surface area contributed by atoms with Crippen molar-refractivity contribution in [3.8, 4) is 12.1 Å². The van der Waals surface area contributed by atoms with Gasteiger partial charge in [-0.3, -0.25) is 4.79 Å². The molecule has 0 N–H and O–H groups in total. The summed E-state index contributed by atoms with van der Waals surface area (Å²) in [5.74, 6) is -0.131. The van der Waals surface area contributed by atoms with E-state index in [1.54, 1.807) is 17.4 Å². The number of thiophene rings is 2. The van der Waals surface area contributed by atoms with E-state index in [0.29, 0.717) is 22.3 Å². The number of fused-ring (bicyclic) bond motifs is 3. The molecule has 7 rings (SSSR count). The topological polar surface area (TPSA) is 67.9 Å². The second-order valence-electron chi connectivity index (χ2n) is 11.2. The first-order valence-corrected chi connectivity index (χ1v) is 15.9. The molecule has 4 aromatic rings. The van der Waals surface area contributed by atoms with Crippen LogP contribution in [0.5, 0.6) is 0 Å². The molecular weight excluding hydrogens is 567 g/mol. The SMILES string of the molecule is CN(C)c1ccc(/C=C/c2cc3c(s2)/C(=C2/CCc4cc(/C=C5\C(=O)c6ccccc6C5=C(C#N)C#N)sc42)CC3)cc1. The molecule has 0 saturated heterocycles. The monoisotopic (exact) mass is 593 g/mol. The lowest BCUT2D eigenvalue weighted by atomic mass is 9.99. The van der Waals surface area contributed by atoms with Crippen molar-refractivity contribution in [2.45, 2.75) is 25.7 Å². The Balaban J connectivity index is 1.20. The zero-order valence-electron chi connectivity index (χ0n) is 23.9. The van der Waals surface area contributed by atoms with Crippen molar-refractivity contribution in [2.24, 2.45) is 0 Å². The van der Waals surface area contributed by atoms with Gasteiger partial charge in [-0.1, -0.05) is 42.5 Å². The van der Waals surface area contributed by atoms with E-state index >= 15 is 0 Å². The van der Waals surface area contributed by atoms with Crippen molar-refractivity contribution in [3.05, 3.63) is 119 Å². The number of benzene rings is 2. The minimum Gasteiger partial charge on any atom is -0.378 e. The second kappa shape index (κ2) is 10.8. The van der Waals surface area contributed by atoms with Gasteiger partial charge in [0, 0.05) is 56.0 Å². The Hall–Kier alpha value is -4.75. The summed E-state index contributed by atoms with van der Waals surface area (Å²) in [5.41, 5.74) is 10.1. The molecule has 0 saturated carbocycles. The lowest BCUT2D eigenvalue weighted by Crippen LogP contribution is -2.07. The molecule has 0 bridgehead atoms. The highest BCUT2D eigenvalue weighted by Gasteiger charge is 2.33. The molecule has 2 heterocycles. The van der Waals surface area contributed by atoms with E-state index < -0.39 is 0 Å². The third-order valence-electron chi connectivity index (χ3n) is 8.42. The summed E-state index contributed by atoms with van der Waals surface area (Å²) in [6.07, 6.45) is 10.5. The molecule has 0 spiro atoms. The first kappa shape index (κ1) is 27.1. The second-order valence-corrected chi connectivity index (χ2v) is 13.4. The van der Waals surface area contributed by atoms with Crippen molar-refractivity contribution < 1.29 is 4.79 Å². The van der Waals surface area contributed by atoms with Gasteiger partial charge in [0.1, 0.15) is 17.7 Å². The molecule has 4 nitrogen and oxygen atoms in total. The molecule has 0 amide bonds. The van der Waals surface area contributed by atoms with Crippen LogP contribution in [0.15, 0.2) is 71.8 Å². The molecule has 0 aliphatic heterocycles. The average molecular weight is 594 g/mol. The number of rotatable bonds is 4. The van der Waals surface area contributed by atoms with Gasteiger partial charge in [-0.2, -0.15) is 10.5 Å². The number of ketones is 1. The molecule has 0 fully saturated rings. The third kappa shape index (κ3) is 4.70. The molecule has 6 heteroatoms. The number of hydrogen-bond acceptors (Lipinski definition) is 6. The highest BCUT2D eigenvalue weighted by Crippen LogP contribution is 2.50. The van der Waals surface area contributed by atoms with Gasteiger partial charge in [0.15, 0.2) is 5.78 Å². The molecule has 2 aromatic carbocycles. The highest BCUT2D eigenvalue weighted by atomic mass is 32.1. The number of anilines is 1. The minimum atomic E-state index is -0.131. The first-order chi connectivity index (χ1) is 20.9. The molecule has 0 radical (unpaired) electrons. The predicted molar refractivity (Wildman–Crippen MR) is 179 cm³/mol. The summed E-state index contributed by atoms with van der Waals surface area (Å²) in [5, 5.41) is 19.3. The van der Waals surface area contributed by atoms with Gasteiger partial charge in [-0.25, -0.2) is 0 Å². The van der Waals surface area contributed by atoms with Gasteiger partial charge in [-0.05, 0) is 95.5 Å². The van der Waals surface area contributed by atoms with E-state index in [1.165, 1.54) is 48.2 Å². The van der Waals surface area contributed by atoms with E-state index in [0.717, 1.165) is 30.6 Å². The van der Waals surface area contributed by atoms with E-state index in [1.807, 2.05) is 47.8 Å². The summed E-state index contributed by atoms with van der Waals surface area (Å²) < 4.78 is 0. The fourth-order valence-electron chi connectivity index (χ4n) is 6.31. The molecule has 2 aromatic heterocycles. The van der Waals surface area contributed by atoms with Crippen LogP contribution in [0.25, 0.3) is 34.9 Å². The summed E-state index contributed by atoms with van der Waals surface area (Å²) in [6.45, 7) is 0. The Morgan fingerprint density at radius 3 is 2.02 bits per heavy atom. The molecule has 0 atom stereocenters. The van der Waals surface area contributed by atoms with Gasteiger partial charge < -0.3 is 4.90 Å². The van der Waals surface area contributed by atoms with Crippen LogP contribution in [-0.2, 0) is 12.8 Å². The highest BCUT2D eigenvalue weighted by molar-refractivity contribution is 7.15. The number of nitrogens with zero attached hydrogens (tertiary/aromatic N) is 3. The van der Waals surface area contributed by atoms with Gasteiger partial charge in [0.05, 0.1) is 0 Å². The fraction of sp³-hybridized carbons (Fsp3) is 0.162. The van der Waals surface area contributed by atoms with Crippen LogP contribution >= 0.6 is 22.7 Å². The molecule has 3 aliphatic carbocycles. The lowest BCUT2D eigenvalue weighted by molar-refractivity contribution is 0.104. The summed E-state index contributed by atoms with van der Waals surface area (Å²) >= 11 is 3.60. The molecule has 43 heavy (non-hydrogen) atoms. The number of allylic oxidation sites excluding steroid dienone is 5. The molecule has 3 aliphatic rings. The Labute approximate surface area is 259 Å². The van der Waals surface area contributed by atoms with Crippen LogP contribution in [-0.4, -0.2) is 19.9 Å². The van der Waals surface area contributed by atoms with Crippen molar-refractivity contribution in [3.63, 3.8) is 0 Å². The number of aryl methyl sites for hydroxylation is 2. The average Bonchev–Trinajstić information content (AvgIpc) is 3.82. The maximum Gasteiger partial charge on any atom is 0.194 e. The van der Waals surface area contributed by atoms with Gasteiger partial charge in [-0.15, -0.1) is 22.7 Å². The smallest absolute Gasteiger partial charge is 0.194 e. The fourth-order valence-corrected chi connectivity index (χ4v) is 8.78.